The zero-order valence-corrected chi connectivity index (χ0v) is 7.22. The molecule has 0 aromatic heterocycles. The van der Waals surface area contributed by atoms with Crippen molar-refractivity contribution in [1.82, 2.24) is 0 Å². The molecule has 0 unspecified atom stereocenters. The monoisotopic (exact) mass is 139 g/mol. The summed E-state index contributed by atoms with van der Waals surface area (Å²) < 4.78 is 0. The fourth-order valence-electron chi connectivity index (χ4n) is 0.460. The van der Waals surface area contributed by atoms with E-state index >= 15 is 0 Å². The van der Waals surface area contributed by atoms with E-state index in [1.807, 2.05) is 6.21 Å². The summed E-state index contributed by atoms with van der Waals surface area (Å²) in [5.74, 6) is 0.480. The van der Waals surface area contributed by atoms with Crippen molar-refractivity contribution in [1.29, 1.82) is 0 Å². The number of unbranched alkanes of at least 4 members (excludes halogenated alkanes) is 1. The summed E-state index contributed by atoms with van der Waals surface area (Å²) in [6.07, 6.45) is 4.17. The Morgan fingerprint density at radius 1 is 1.60 bits per heavy atom. The van der Waals surface area contributed by atoms with Gasteiger partial charge in [-0.15, -0.1) is 0 Å². The highest BCUT2D eigenvalue weighted by atomic mass is 14.7. The second-order valence-electron chi connectivity index (χ2n) is 2.75. The summed E-state index contributed by atoms with van der Waals surface area (Å²) in [5.41, 5.74) is 0.980. The lowest BCUT2D eigenvalue weighted by molar-refractivity contribution is 0.762. The van der Waals surface area contributed by atoms with Gasteiger partial charge in [0, 0.05) is 11.9 Å². The molecule has 0 rings (SSSR count). The van der Waals surface area contributed by atoms with E-state index in [1.54, 1.807) is 0 Å². The predicted octanol–water partition coefficient (Wildman–Crippen LogP) is 3.03. The smallest absolute Gasteiger partial charge is 0.0353 e. The molecule has 0 aliphatic heterocycles. The number of allylic oxidation sites excluding steroid dienone is 1. The summed E-state index contributed by atoms with van der Waals surface area (Å²) >= 11 is 0. The number of hydrogen-bond acceptors (Lipinski definition) is 1. The fourth-order valence-corrected chi connectivity index (χ4v) is 0.460. The van der Waals surface area contributed by atoms with Gasteiger partial charge in [-0.2, -0.15) is 0 Å². The quantitative estimate of drug-likeness (QED) is 0.531. The summed E-state index contributed by atoms with van der Waals surface area (Å²) in [4.78, 5) is 4.19. The standard InChI is InChI=1S/C9H17N/c1-5-6-7-10-9(4)8(2)3/h7-8H,4-6H2,1-3H3. The second-order valence-corrected chi connectivity index (χ2v) is 2.75. The molecule has 0 spiro atoms. The van der Waals surface area contributed by atoms with Gasteiger partial charge in [-0.25, -0.2) is 0 Å². The molecule has 0 aromatic carbocycles. The Kier molecular flexibility index (Phi) is 4.91. The first-order valence-corrected chi connectivity index (χ1v) is 3.89. The Hall–Kier alpha value is -0.590. The molecule has 1 heteroatoms. The minimum Gasteiger partial charge on any atom is -0.266 e. The van der Waals surface area contributed by atoms with Crippen LogP contribution in [0.5, 0.6) is 0 Å². The van der Waals surface area contributed by atoms with Gasteiger partial charge in [-0.05, 0) is 12.3 Å². The van der Waals surface area contributed by atoms with E-state index in [0.29, 0.717) is 5.92 Å². The molecule has 0 atom stereocenters. The molecule has 0 saturated heterocycles. The van der Waals surface area contributed by atoms with E-state index < -0.39 is 0 Å². The Balaban J connectivity index is 3.56. The molecule has 0 N–H and O–H groups in total. The number of rotatable bonds is 4. The summed E-state index contributed by atoms with van der Waals surface area (Å²) in [6, 6.07) is 0. The van der Waals surface area contributed by atoms with E-state index in [0.717, 1.165) is 18.5 Å². The van der Waals surface area contributed by atoms with Gasteiger partial charge in [0.2, 0.25) is 0 Å². The largest absolute Gasteiger partial charge is 0.266 e. The predicted molar refractivity (Wildman–Crippen MR) is 47.4 cm³/mol. The lowest BCUT2D eigenvalue weighted by Crippen LogP contribution is -1.88. The van der Waals surface area contributed by atoms with Crippen LogP contribution in [-0.2, 0) is 0 Å². The van der Waals surface area contributed by atoms with Crippen LogP contribution in [0.25, 0.3) is 0 Å². The van der Waals surface area contributed by atoms with Crippen molar-refractivity contribution < 1.29 is 0 Å². The lowest BCUT2D eigenvalue weighted by atomic mass is 10.2. The minimum atomic E-state index is 0.480. The molecule has 0 aliphatic rings. The zero-order valence-electron chi connectivity index (χ0n) is 7.22. The van der Waals surface area contributed by atoms with Gasteiger partial charge in [0.1, 0.15) is 0 Å². The Morgan fingerprint density at radius 3 is 2.60 bits per heavy atom. The molecule has 10 heavy (non-hydrogen) atoms. The summed E-state index contributed by atoms with van der Waals surface area (Å²) in [7, 11) is 0. The van der Waals surface area contributed by atoms with E-state index in [9.17, 15) is 0 Å². The topological polar surface area (TPSA) is 12.4 Å². The minimum absolute atomic E-state index is 0.480. The maximum absolute atomic E-state index is 4.19. The number of aliphatic imine (C=N–C) groups is 1. The molecule has 0 radical (unpaired) electrons. The first-order valence-electron chi connectivity index (χ1n) is 3.89. The SMILES string of the molecule is C=C(N=CCCC)C(C)C. The third-order valence-corrected chi connectivity index (χ3v) is 1.34. The van der Waals surface area contributed by atoms with Gasteiger partial charge in [0.25, 0.3) is 0 Å². The first-order chi connectivity index (χ1) is 4.68. The van der Waals surface area contributed by atoms with Crippen molar-refractivity contribution in [2.45, 2.75) is 33.6 Å². The molecule has 0 aliphatic carbocycles. The van der Waals surface area contributed by atoms with Gasteiger partial charge < -0.3 is 0 Å². The van der Waals surface area contributed by atoms with Gasteiger partial charge >= 0.3 is 0 Å². The fraction of sp³-hybridized carbons (Fsp3) is 0.667. The molecule has 0 fully saturated rings. The maximum atomic E-state index is 4.19. The van der Waals surface area contributed by atoms with Crippen molar-refractivity contribution in [3.8, 4) is 0 Å². The molecular weight excluding hydrogens is 122 g/mol. The van der Waals surface area contributed by atoms with Crippen molar-refractivity contribution in [2.24, 2.45) is 10.9 Å². The molecular formula is C9H17N. The van der Waals surface area contributed by atoms with Crippen molar-refractivity contribution in [3.63, 3.8) is 0 Å². The van der Waals surface area contributed by atoms with Crippen LogP contribution in [-0.4, -0.2) is 6.21 Å². The van der Waals surface area contributed by atoms with Crippen LogP contribution in [0.1, 0.15) is 33.6 Å². The van der Waals surface area contributed by atoms with Crippen LogP contribution < -0.4 is 0 Å². The third-order valence-electron chi connectivity index (χ3n) is 1.34. The highest BCUT2D eigenvalue weighted by molar-refractivity contribution is 5.58. The van der Waals surface area contributed by atoms with E-state index in [2.05, 4.69) is 32.3 Å². The van der Waals surface area contributed by atoms with Crippen molar-refractivity contribution in [3.05, 3.63) is 12.3 Å². The van der Waals surface area contributed by atoms with Gasteiger partial charge in [0.05, 0.1) is 0 Å². The Bertz CT molecular complexity index is 123. The molecule has 0 saturated carbocycles. The van der Waals surface area contributed by atoms with E-state index in [1.165, 1.54) is 0 Å². The lowest BCUT2D eigenvalue weighted by Gasteiger charge is -2.00. The highest BCUT2D eigenvalue weighted by Crippen LogP contribution is 2.06. The second kappa shape index (κ2) is 5.21. The van der Waals surface area contributed by atoms with Crippen LogP contribution in [0.2, 0.25) is 0 Å². The maximum Gasteiger partial charge on any atom is 0.0353 e. The van der Waals surface area contributed by atoms with Crippen LogP contribution in [0.4, 0.5) is 0 Å². The van der Waals surface area contributed by atoms with E-state index in [4.69, 9.17) is 0 Å². The number of nitrogens with zero attached hydrogens (tertiary/aromatic N) is 1. The zero-order chi connectivity index (χ0) is 7.98. The first kappa shape index (κ1) is 9.41. The normalized spacial score (nSPS) is 11.2. The average molecular weight is 139 g/mol. The average Bonchev–Trinajstić information content (AvgIpc) is 1.88. The van der Waals surface area contributed by atoms with Gasteiger partial charge in [-0.1, -0.05) is 33.8 Å². The van der Waals surface area contributed by atoms with Gasteiger partial charge in [0.15, 0.2) is 0 Å². The van der Waals surface area contributed by atoms with E-state index in [-0.39, 0.29) is 0 Å². The molecule has 0 aromatic rings. The van der Waals surface area contributed by atoms with Crippen molar-refractivity contribution >= 4 is 6.21 Å². The van der Waals surface area contributed by atoms with Gasteiger partial charge in [-0.3, -0.25) is 4.99 Å². The summed E-state index contributed by atoms with van der Waals surface area (Å²) in [6.45, 7) is 10.2. The van der Waals surface area contributed by atoms with Crippen LogP contribution in [0.3, 0.4) is 0 Å². The third kappa shape index (κ3) is 4.30. The molecule has 58 valence electrons. The summed E-state index contributed by atoms with van der Waals surface area (Å²) in [5, 5.41) is 0. The highest BCUT2D eigenvalue weighted by Gasteiger charge is 1.93. The molecule has 1 nitrogen and oxygen atoms in total. The Morgan fingerprint density at radius 2 is 2.20 bits per heavy atom. The van der Waals surface area contributed by atoms with Crippen LogP contribution in [0.15, 0.2) is 17.3 Å². The van der Waals surface area contributed by atoms with Crippen LogP contribution >= 0.6 is 0 Å². The van der Waals surface area contributed by atoms with Crippen molar-refractivity contribution in [2.75, 3.05) is 0 Å². The Labute approximate surface area is 63.9 Å². The molecule has 0 amide bonds. The molecule has 0 bridgehead atoms. The molecule has 0 heterocycles. The number of hydrogen-bond donors (Lipinski definition) is 0. The van der Waals surface area contributed by atoms with Crippen LogP contribution in [0, 0.1) is 5.92 Å².